The van der Waals surface area contributed by atoms with Crippen LogP contribution in [0.2, 0.25) is 0 Å². The third-order valence-corrected chi connectivity index (χ3v) is 1.39. The molecular weight excluding hydrogens is 272 g/mol. The first-order valence-corrected chi connectivity index (χ1v) is 5.47. The molecule has 20 heavy (non-hydrogen) atoms. The van der Waals surface area contributed by atoms with Gasteiger partial charge in [-0.2, -0.15) is 0 Å². The summed E-state index contributed by atoms with van der Waals surface area (Å²) in [6.07, 6.45) is 1.77. The summed E-state index contributed by atoms with van der Waals surface area (Å²) in [6.45, 7) is 3.83. The van der Waals surface area contributed by atoms with Gasteiger partial charge in [-0.3, -0.25) is 0 Å². The molecule has 0 aliphatic rings. The second-order valence-corrected chi connectivity index (χ2v) is 3.20. The van der Waals surface area contributed by atoms with E-state index in [0.29, 0.717) is 0 Å². The molecular formula is C12H18O8. The predicted molar refractivity (Wildman–Crippen MR) is 67.7 cm³/mol. The lowest BCUT2D eigenvalue weighted by Crippen LogP contribution is -2.08. The van der Waals surface area contributed by atoms with Crippen molar-refractivity contribution in [2.45, 2.75) is 6.92 Å². The van der Waals surface area contributed by atoms with Gasteiger partial charge in [0, 0.05) is 17.7 Å². The van der Waals surface area contributed by atoms with Gasteiger partial charge >= 0.3 is 17.9 Å². The van der Waals surface area contributed by atoms with Crippen molar-refractivity contribution in [3.63, 3.8) is 0 Å². The summed E-state index contributed by atoms with van der Waals surface area (Å²) in [6, 6.07) is 0. The average molecular weight is 290 g/mol. The lowest BCUT2D eigenvalue weighted by Gasteiger charge is -1.98. The van der Waals surface area contributed by atoms with E-state index in [9.17, 15) is 14.4 Å². The molecule has 0 atom stereocenters. The molecule has 0 unspecified atom stereocenters. The van der Waals surface area contributed by atoms with Gasteiger partial charge in [0.25, 0.3) is 0 Å². The van der Waals surface area contributed by atoms with Crippen molar-refractivity contribution in [1.82, 2.24) is 0 Å². The van der Waals surface area contributed by atoms with Gasteiger partial charge < -0.3 is 24.8 Å². The summed E-state index contributed by atoms with van der Waals surface area (Å²) in [7, 11) is 0. The molecule has 114 valence electrons. The van der Waals surface area contributed by atoms with Crippen LogP contribution in [0.4, 0.5) is 0 Å². The SMILES string of the molecule is C=C(C)C(=O)O.O=C(/C=C\C(=O)OCCO)OCCO. The maximum atomic E-state index is 10.7. The highest BCUT2D eigenvalue weighted by molar-refractivity contribution is 5.91. The van der Waals surface area contributed by atoms with Crippen molar-refractivity contribution < 1.29 is 39.2 Å². The van der Waals surface area contributed by atoms with Crippen molar-refractivity contribution in [3.8, 4) is 0 Å². The third kappa shape index (κ3) is 15.8. The lowest BCUT2D eigenvalue weighted by atomic mass is 10.4. The van der Waals surface area contributed by atoms with Crippen LogP contribution in [0.3, 0.4) is 0 Å². The molecule has 0 amide bonds. The highest BCUT2D eigenvalue weighted by Gasteiger charge is 1.99. The fraction of sp³-hybridized carbons (Fsp3) is 0.417. The number of rotatable bonds is 7. The van der Waals surface area contributed by atoms with Gasteiger partial charge in [0.05, 0.1) is 13.2 Å². The minimum absolute atomic E-state index is 0.116. The number of aliphatic carboxylic acids is 1. The topological polar surface area (TPSA) is 130 Å². The van der Waals surface area contributed by atoms with E-state index in [-0.39, 0.29) is 32.0 Å². The van der Waals surface area contributed by atoms with Crippen LogP contribution in [0.25, 0.3) is 0 Å². The minimum atomic E-state index is -0.935. The fourth-order valence-electron chi connectivity index (χ4n) is 0.525. The van der Waals surface area contributed by atoms with E-state index >= 15 is 0 Å². The molecule has 0 saturated heterocycles. The number of carboxylic acids is 1. The Hall–Kier alpha value is -2.19. The molecule has 3 N–H and O–H groups in total. The predicted octanol–water partition coefficient (Wildman–Crippen LogP) is -0.739. The van der Waals surface area contributed by atoms with Gasteiger partial charge in [-0.15, -0.1) is 0 Å². The van der Waals surface area contributed by atoms with Crippen LogP contribution in [-0.2, 0) is 23.9 Å². The molecule has 0 radical (unpaired) electrons. The fourth-order valence-corrected chi connectivity index (χ4v) is 0.525. The first-order valence-electron chi connectivity index (χ1n) is 5.47. The molecule has 8 heteroatoms. The number of hydrogen-bond donors (Lipinski definition) is 3. The van der Waals surface area contributed by atoms with Crippen LogP contribution < -0.4 is 0 Å². The van der Waals surface area contributed by atoms with Gasteiger partial charge in [0.2, 0.25) is 0 Å². The van der Waals surface area contributed by atoms with Crippen molar-refractivity contribution >= 4 is 17.9 Å². The molecule has 0 spiro atoms. The standard InChI is InChI=1S/C8H12O6.C4H6O2/c9-3-5-13-7(11)1-2-8(12)14-6-4-10;1-3(2)4(5)6/h1-2,9-10H,3-6H2;1H2,2H3,(H,5,6)/b2-1-;. The normalized spacial score (nSPS) is 9.35. The Labute approximate surface area is 115 Å². The molecule has 0 aliphatic carbocycles. The van der Waals surface area contributed by atoms with E-state index in [1.807, 2.05) is 0 Å². The summed E-state index contributed by atoms with van der Waals surface area (Å²) in [5.74, 6) is -2.41. The number of ether oxygens (including phenoxy) is 2. The van der Waals surface area contributed by atoms with E-state index in [2.05, 4.69) is 16.1 Å². The van der Waals surface area contributed by atoms with Gasteiger partial charge in [0.15, 0.2) is 0 Å². The summed E-state index contributed by atoms with van der Waals surface area (Å²) in [5.41, 5.74) is 0.176. The first-order chi connectivity index (χ1) is 9.34. The van der Waals surface area contributed by atoms with Gasteiger partial charge in [-0.05, 0) is 6.92 Å². The summed E-state index contributed by atoms with van der Waals surface area (Å²) < 4.78 is 8.83. The number of aliphatic hydroxyl groups excluding tert-OH is 2. The Kier molecular flexibility index (Phi) is 13.3. The van der Waals surface area contributed by atoms with Gasteiger partial charge in [-0.1, -0.05) is 6.58 Å². The molecule has 8 nitrogen and oxygen atoms in total. The Balaban J connectivity index is 0. The van der Waals surface area contributed by atoms with Crippen LogP contribution in [0.15, 0.2) is 24.3 Å². The Morgan fingerprint density at radius 1 is 1.00 bits per heavy atom. The van der Waals surface area contributed by atoms with E-state index < -0.39 is 17.9 Å². The number of esters is 2. The van der Waals surface area contributed by atoms with E-state index in [1.165, 1.54) is 6.92 Å². The van der Waals surface area contributed by atoms with Crippen molar-refractivity contribution in [3.05, 3.63) is 24.3 Å². The minimum Gasteiger partial charge on any atom is -0.478 e. The molecule has 0 aromatic heterocycles. The zero-order valence-electron chi connectivity index (χ0n) is 11.1. The Bertz CT molecular complexity index is 324. The number of carbonyl (C=O) groups excluding carboxylic acids is 2. The van der Waals surface area contributed by atoms with Crippen LogP contribution in [0.1, 0.15) is 6.92 Å². The average Bonchev–Trinajstić information content (AvgIpc) is 2.40. The van der Waals surface area contributed by atoms with Gasteiger partial charge in [-0.25, -0.2) is 14.4 Å². The largest absolute Gasteiger partial charge is 0.478 e. The molecule has 0 fully saturated rings. The number of hydrogen-bond acceptors (Lipinski definition) is 7. The molecule has 0 aromatic rings. The van der Waals surface area contributed by atoms with E-state index in [4.69, 9.17) is 15.3 Å². The number of carboxylic acid groups (broad SMARTS) is 1. The zero-order chi connectivity index (χ0) is 16.0. The van der Waals surface area contributed by atoms with Gasteiger partial charge in [0.1, 0.15) is 13.2 Å². The molecule has 0 bridgehead atoms. The first kappa shape index (κ1) is 20.1. The summed E-state index contributed by atoms with van der Waals surface area (Å²) in [5, 5.41) is 24.5. The molecule has 0 heterocycles. The van der Waals surface area contributed by atoms with Crippen molar-refractivity contribution in [2.24, 2.45) is 0 Å². The van der Waals surface area contributed by atoms with Crippen LogP contribution in [-0.4, -0.2) is 59.7 Å². The van der Waals surface area contributed by atoms with Crippen molar-refractivity contribution in [1.29, 1.82) is 0 Å². The second kappa shape index (κ2) is 13.2. The molecule has 0 aliphatic heterocycles. The lowest BCUT2D eigenvalue weighted by molar-refractivity contribution is -0.141. The number of aliphatic hydroxyl groups is 2. The highest BCUT2D eigenvalue weighted by atomic mass is 16.5. The maximum Gasteiger partial charge on any atom is 0.331 e. The smallest absolute Gasteiger partial charge is 0.331 e. The van der Waals surface area contributed by atoms with Crippen molar-refractivity contribution in [2.75, 3.05) is 26.4 Å². The maximum absolute atomic E-state index is 10.7. The highest BCUT2D eigenvalue weighted by Crippen LogP contribution is 1.85. The third-order valence-electron chi connectivity index (χ3n) is 1.39. The quantitative estimate of drug-likeness (QED) is 0.413. The molecule has 0 aromatic carbocycles. The second-order valence-electron chi connectivity index (χ2n) is 3.20. The Morgan fingerprint density at radius 2 is 1.30 bits per heavy atom. The summed E-state index contributed by atoms with van der Waals surface area (Å²) >= 11 is 0. The Morgan fingerprint density at radius 3 is 1.50 bits per heavy atom. The zero-order valence-corrected chi connectivity index (χ0v) is 11.1. The van der Waals surface area contributed by atoms with Crippen LogP contribution in [0.5, 0.6) is 0 Å². The number of carbonyl (C=O) groups is 3. The van der Waals surface area contributed by atoms with E-state index in [0.717, 1.165) is 12.2 Å². The molecule has 0 saturated carbocycles. The molecule has 0 rings (SSSR count). The van der Waals surface area contributed by atoms with E-state index in [1.54, 1.807) is 0 Å². The monoisotopic (exact) mass is 290 g/mol. The summed E-state index contributed by atoms with van der Waals surface area (Å²) in [4.78, 5) is 31.0. The van der Waals surface area contributed by atoms with Crippen LogP contribution >= 0.6 is 0 Å². The van der Waals surface area contributed by atoms with Crippen LogP contribution in [0, 0.1) is 0 Å².